The number of rotatable bonds is 5. The second kappa shape index (κ2) is 6.53. The Kier molecular flexibility index (Phi) is 4.74. The minimum absolute atomic E-state index is 0.318. The summed E-state index contributed by atoms with van der Waals surface area (Å²) in [5.41, 5.74) is 9.03. The van der Waals surface area contributed by atoms with Crippen molar-refractivity contribution in [3.8, 4) is 5.75 Å². The number of halogens is 1. The van der Waals surface area contributed by atoms with Crippen LogP contribution in [0.4, 0.5) is 4.39 Å². The number of methoxy groups -OCH3 is 1. The van der Waals surface area contributed by atoms with Gasteiger partial charge in [-0.1, -0.05) is 37.3 Å². The molecule has 2 aromatic rings. The Morgan fingerprint density at radius 1 is 1.10 bits per heavy atom. The largest absolute Gasteiger partial charge is 0.497 e. The van der Waals surface area contributed by atoms with Gasteiger partial charge in [0.25, 0.3) is 0 Å². The highest BCUT2D eigenvalue weighted by Crippen LogP contribution is 2.23. The molecule has 1 unspecified atom stereocenters. The maximum atomic E-state index is 13.9. The van der Waals surface area contributed by atoms with Crippen molar-refractivity contribution in [2.24, 2.45) is 5.73 Å². The Labute approximate surface area is 119 Å². The van der Waals surface area contributed by atoms with Gasteiger partial charge >= 0.3 is 0 Å². The van der Waals surface area contributed by atoms with E-state index in [4.69, 9.17) is 10.5 Å². The molecular weight excluding hydrogens is 253 g/mol. The zero-order chi connectivity index (χ0) is 14.5. The summed E-state index contributed by atoms with van der Waals surface area (Å²) in [6, 6.07) is 12.7. The van der Waals surface area contributed by atoms with Crippen molar-refractivity contribution in [2.75, 3.05) is 7.11 Å². The average molecular weight is 273 g/mol. The van der Waals surface area contributed by atoms with E-state index in [-0.39, 0.29) is 11.9 Å². The van der Waals surface area contributed by atoms with E-state index in [0.717, 1.165) is 12.0 Å². The molecule has 2 N–H and O–H groups in total. The first-order chi connectivity index (χ1) is 9.63. The van der Waals surface area contributed by atoms with Gasteiger partial charge in [-0.05, 0) is 30.0 Å². The van der Waals surface area contributed by atoms with Crippen molar-refractivity contribution in [3.05, 3.63) is 65.0 Å². The van der Waals surface area contributed by atoms with E-state index in [1.807, 2.05) is 0 Å². The van der Waals surface area contributed by atoms with Gasteiger partial charge in [0.2, 0.25) is 0 Å². The summed E-state index contributed by atoms with van der Waals surface area (Å²) >= 11 is 0. The molecule has 1 atom stereocenters. The summed E-state index contributed by atoms with van der Waals surface area (Å²) in [6.07, 6.45) is 1.63. The molecule has 0 amide bonds. The number of hydrogen-bond donors (Lipinski definition) is 1. The first-order valence-electron chi connectivity index (χ1n) is 6.81. The zero-order valence-corrected chi connectivity index (χ0v) is 11.9. The molecule has 0 fully saturated rings. The van der Waals surface area contributed by atoms with Crippen molar-refractivity contribution >= 4 is 0 Å². The molecule has 0 saturated carbocycles. The highest BCUT2D eigenvalue weighted by atomic mass is 19.1. The predicted molar refractivity (Wildman–Crippen MR) is 79.4 cm³/mol. The molecule has 0 aliphatic heterocycles. The van der Waals surface area contributed by atoms with Gasteiger partial charge in [-0.3, -0.25) is 0 Å². The molecule has 0 aromatic heterocycles. The van der Waals surface area contributed by atoms with Gasteiger partial charge in [0, 0.05) is 17.7 Å². The topological polar surface area (TPSA) is 35.2 Å². The molecule has 2 nitrogen and oxygen atoms in total. The molecule has 20 heavy (non-hydrogen) atoms. The normalized spacial score (nSPS) is 12.2. The van der Waals surface area contributed by atoms with E-state index >= 15 is 0 Å². The maximum Gasteiger partial charge on any atom is 0.131 e. The molecular formula is C17H20FNO. The van der Waals surface area contributed by atoms with Crippen LogP contribution in [0.5, 0.6) is 5.75 Å². The third-order valence-corrected chi connectivity index (χ3v) is 3.49. The summed E-state index contributed by atoms with van der Waals surface area (Å²) in [4.78, 5) is 0. The fraction of sp³-hybridized carbons (Fsp3) is 0.294. The lowest BCUT2D eigenvalue weighted by Gasteiger charge is -2.14. The first-order valence-corrected chi connectivity index (χ1v) is 6.81. The molecule has 0 saturated heterocycles. The summed E-state index contributed by atoms with van der Waals surface area (Å²) in [6.45, 7) is 2.12. The van der Waals surface area contributed by atoms with Crippen LogP contribution in [0.1, 0.15) is 29.7 Å². The Balaban J connectivity index is 2.12. The van der Waals surface area contributed by atoms with Crippen LogP contribution in [0.3, 0.4) is 0 Å². The van der Waals surface area contributed by atoms with Gasteiger partial charge in [0.15, 0.2) is 0 Å². The van der Waals surface area contributed by atoms with Crippen LogP contribution in [0, 0.1) is 5.82 Å². The van der Waals surface area contributed by atoms with Gasteiger partial charge in [-0.25, -0.2) is 4.39 Å². The molecule has 2 rings (SSSR count). The molecule has 0 heterocycles. The highest BCUT2D eigenvalue weighted by Gasteiger charge is 2.13. The number of hydrogen-bond acceptors (Lipinski definition) is 2. The van der Waals surface area contributed by atoms with E-state index in [2.05, 4.69) is 31.2 Å². The lowest BCUT2D eigenvalue weighted by Crippen LogP contribution is -2.15. The van der Waals surface area contributed by atoms with Crippen molar-refractivity contribution in [1.29, 1.82) is 0 Å². The fourth-order valence-electron chi connectivity index (χ4n) is 2.21. The van der Waals surface area contributed by atoms with Crippen molar-refractivity contribution < 1.29 is 9.13 Å². The SMILES string of the molecule is CCc1ccc(CC(N)c2ccc(OC)cc2F)cc1. The zero-order valence-electron chi connectivity index (χ0n) is 11.9. The van der Waals surface area contributed by atoms with Crippen molar-refractivity contribution in [3.63, 3.8) is 0 Å². The van der Waals surface area contributed by atoms with Gasteiger partial charge in [0.05, 0.1) is 7.11 Å². The van der Waals surface area contributed by atoms with E-state index in [9.17, 15) is 4.39 Å². The number of benzene rings is 2. The van der Waals surface area contributed by atoms with Crippen LogP contribution in [0.25, 0.3) is 0 Å². The van der Waals surface area contributed by atoms with Crippen LogP contribution in [-0.2, 0) is 12.8 Å². The summed E-state index contributed by atoms with van der Waals surface area (Å²) < 4.78 is 18.9. The maximum absolute atomic E-state index is 13.9. The average Bonchev–Trinajstić information content (AvgIpc) is 2.47. The molecule has 0 aliphatic rings. The number of nitrogens with two attached hydrogens (primary N) is 1. The highest BCUT2D eigenvalue weighted by molar-refractivity contribution is 5.32. The van der Waals surface area contributed by atoms with E-state index in [1.165, 1.54) is 18.7 Å². The summed E-state index contributed by atoms with van der Waals surface area (Å²) in [5, 5.41) is 0. The molecule has 106 valence electrons. The molecule has 3 heteroatoms. The Bertz CT molecular complexity index is 566. The predicted octanol–water partition coefficient (Wildman–Crippen LogP) is 3.64. The van der Waals surface area contributed by atoms with Crippen molar-refractivity contribution in [1.82, 2.24) is 0 Å². The van der Waals surface area contributed by atoms with Crippen molar-refractivity contribution in [2.45, 2.75) is 25.8 Å². The van der Waals surface area contributed by atoms with Crippen LogP contribution < -0.4 is 10.5 Å². The fourth-order valence-corrected chi connectivity index (χ4v) is 2.21. The minimum atomic E-state index is -0.353. The number of ether oxygens (including phenoxy) is 1. The van der Waals surface area contributed by atoms with Gasteiger partial charge in [0.1, 0.15) is 11.6 Å². The van der Waals surface area contributed by atoms with Crippen LogP contribution >= 0.6 is 0 Å². The second-order valence-electron chi connectivity index (χ2n) is 4.87. The third kappa shape index (κ3) is 3.36. The molecule has 0 bridgehead atoms. The first kappa shape index (κ1) is 14.5. The lowest BCUT2D eigenvalue weighted by molar-refractivity contribution is 0.410. The molecule has 0 radical (unpaired) electrons. The Morgan fingerprint density at radius 2 is 1.75 bits per heavy atom. The molecule has 0 spiro atoms. The van der Waals surface area contributed by atoms with Crippen LogP contribution in [0.15, 0.2) is 42.5 Å². The lowest BCUT2D eigenvalue weighted by atomic mass is 9.98. The van der Waals surface area contributed by atoms with Gasteiger partial charge in [-0.15, -0.1) is 0 Å². The summed E-state index contributed by atoms with van der Waals surface area (Å²) in [5.74, 6) is 0.188. The van der Waals surface area contributed by atoms with Crippen LogP contribution in [0.2, 0.25) is 0 Å². The summed E-state index contributed by atoms with van der Waals surface area (Å²) in [7, 11) is 1.52. The van der Waals surface area contributed by atoms with Crippen LogP contribution in [-0.4, -0.2) is 7.11 Å². The minimum Gasteiger partial charge on any atom is -0.497 e. The Hall–Kier alpha value is -1.87. The third-order valence-electron chi connectivity index (χ3n) is 3.49. The van der Waals surface area contributed by atoms with E-state index in [1.54, 1.807) is 12.1 Å². The molecule has 2 aromatic carbocycles. The molecule has 0 aliphatic carbocycles. The monoisotopic (exact) mass is 273 g/mol. The van der Waals surface area contributed by atoms with E-state index in [0.29, 0.717) is 17.7 Å². The quantitative estimate of drug-likeness (QED) is 0.902. The number of aryl methyl sites for hydroxylation is 1. The van der Waals surface area contributed by atoms with E-state index < -0.39 is 0 Å². The standard InChI is InChI=1S/C17H20FNO/c1-3-12-4-6-13(7-5-12)10-17(19)15-9-8-14(20-2)11-16(15)18/h4-9,11,17H,3,10,19H2,1-2H3. The Morgan fingerprint density at radius 3 is 2.30 bits per heavy atom. The smallest absolute Gasteiger partial charge is 0.131 e. The van der Waals surface area contributed by atoms with Gasteiger partial charge < -0.3 is 10.5 Å². The van der Waals surface area contributed by atoms with Gasteiger partial charge in [-0.2, -0.15) is 0 Å². The second-order valence-corrected chi connectivity index (χ2v) is 4.87.